The fourth-order valence-electron chi connectivity index (χ4n) is 1.25. The number of unbranched alkanes of at least 4 members (excludes halogenated alkanes) is 1. The molecule has 0 spiro atoms. The van der Waals surface area contributed by atoms with Gasteiger partial charge in [0, 0.05) is 12.1 Å². The van der Waals surface area contributed by atoms with E-state index in [4.69, 9.17) is 5.11 Å². The minimum atomic E-state index is 0.0318. The molecule has 1 aromatic carbocycles. The lowest BCUT2D eigenvalue weighted by atomic mass is 10.2. The first-order valence-electron chi connectivity index (χ1n) is 5.26. The van der Waals surface area contributed by atoms with Crippen LogP contribution in [0.1, 0.15) is 31.7 Å². The van der Waals surface area contributed by atoms with Gasteiger partial charge in [0.25, 0.3) is 0 Å². The van der Waals surface area contributed by atoms with Crippen LogP contribution in [0.5, 0.6) is 0 Å². The maximum atomic E-state index is 11.4. The first kappa shape index (κ1) is 11.7. The van der Waals surface area contributed by atoms with Gasteiger partial charge in [-0.05, 0) is 24.1 Å². The van der Waals surface area contributed by atoms with Crippen molar-refractivity contribution in [3.05, 3.63) is 29.8 Å². The van der Waals surface area contributed by atoms with Gasteiger partial charge >= 0.3 is 0 Å². The minimum absolute atomic E-state index is 0.0318. The lowest BCUT2D eigenvalue weighted by Gasteiger charge is -2.05. The van der Waals surface area contributed by atoms with Crippen molar-refractivity contribution in [2.24, 2.45) is 0 Å². The van der Waals surface area contributed by atoms with Crippen molar-refractivity contribution >= 4 is 11.6 Å². The van der Waals surface area contributed by atoms with E-state index in [-0.39, 0.29) is 12.5 Å². The van der Waals surface area contributed by atoms with Gasteiger partial charge in [0.2, 0.25) is 5.91 Å². The number of benzene rings is 1. The SMILES string of the molecule is CCCCC(=O)Nc1ccc(CO)cc1. The van der Waals surface area contributed by atoms with E-state index < -0.39 is 0 Å². The van der Waals surface area contributed by atoms with E-state index in [9.17, 15) is 4.79 Å². The van der Waals surface area contributed by atoms with Crippen LogP contribution in [0.4, 0.5) is 5.69 Å². The van der Waals surface area contributed by atoms with Crippen molar-refractivity contribution in [2.75, 3.05) is 5.32 Å². The lowest BCUT2D eigenvalue weighted by molar-refractivity contribution is -0.116. The molecule has 1 aromatic rings. The van der Waals surface area contributed by atoms with Gasteiger partial charge in [-0.15, -0.1) is 0 Å². The molecule has 0 atom stereocenters. The molecule has 3 heteroatoms. The van der Waals surface area contributed by atoms with Crippen LogP contribution in [0.3, 0.4) is 0 Å². The molecule has 2 N–H and O–H groups in total. The molecular weight excluding hydrogens is 190 g/mol. The van der Waals surface area contributed by atoms with Crippen molar-refractivity contribution in [3.8, 4) is 0 Å². The number of hydrogen-bond acceptors (Lipinski definition) is 2. The van der Waals surface area contributed by atoms with Gasteiger partial charge in [-0.3, -0.25) is 4.79 Å². The van der Waals surface area contributed by atoms with Gasteiger partial charge in [0.15, 0.2) is 0 Å². The predicted molar refractivity (Wildman–Crippen MR) is 60.5 cm³/mol. The highest BCUT2D eigenvalue weighted by Gasteiger charge is 2.00. The van der Waals surface area contributed by atoms with E-state index >= 15 is 0 Å². The second-order valence-electron chi connectivity index (χ2n) is 3.51. The zero-order valence-corrected chi connectivity index (χ0v) is 8.99. The molecule has 0 heterocycles. The Bertz CT molecular complexity index is 306. The average molecular weight is 207 g/mol. The van der Waals surface area contributed by atoms with E-state index in [2.05, 4.69) is 12.2 Å². The summed E-state index contributed by atoms with van der Waals surface area (Å²) in [4.78, 5) is 11.4. The van der Waals surface area contributed by atoms with Crippen LogP contribution in [0.2, 0.25) is 0 Å². The molecule has 0 saturated carbocycles. The molecule has 0 unspecified atom stereocenters. The van der Waals surface area contributed by atoms with Crippen LogP contribution >= 0.6 is 0 Å². The summed E-state index contributed by atoms with van der Waals surface area (Å²) in [6, 6.07) is 7.20. The van der Waals surface area contributed by atoms with E-state index in [1.54, 1.807) is 24.3 Å². The molecule has 15 heavy (non-hydrogen) atoms. The molecule has 3 nitrogen and oxygen atoms in total. The molecule has 0 fully saturated rings. The molecule has 0 aromatic heterocycles. The number of amides is 1. The van der Waals surface area contributed by atoms with Gasteiger partial charge in [-0.1, -0.05) is 25.5 Å². The van der Waals surface area contributed by atoms with E-state index in [0.29, 0.717) is 6.42 Å². The normalized spacial score (nSPS) is 10.0. The second kappa shape index (κ2) is 6.19. The third-order valence-corrected chi connectivity index (χ3v) is 2.18. The summed E-state index contributed by atoms with van der Waals surface area (Å²) in [7, 11) is 0. The molecule has 1 amide bonds. The van der Waals surface area contributed by atoms with Crippen LogP contribution in [0.15, 0.2) is 24.3 Å². The van der Waals surface area contributed by atoms with Crippen molar-refractivity contribution in [1.29, 1.82) is 0 Å². The summed E-state index contributed by atoms with van der Waals surface area (Å²) >= 11 is 0. The number of carbonyl (C=O) groups is 1. The van der Waals surface area contributed by atoms with E-state index in [1.807, 2.05) is 0 Å². The zero-order valence-electron chi connectivity index (χ0n) is 8.99. The Morgan fingerprint density at radius 1 is 1.33 bits per heavy atom. The van der Waals surface area contributed by atoms with Crippen LogP contribution in [0, 0.1) is 0 Å². The number of carbonyl (C=O) groups excluding carboxylic acids is 1. The topological polar surface area (TPSA) is 49.3 Å². The first-order valence-corrected chi connectivity index (χ1v) is 5.26. The maximum Gasteiger partial charge on any atom is 0.224 e. The third kappa shape index (κ3) is 4.13. The molecule has 0 bridgehead atoms. The number of rotatable bonds is 5. The lowest BCUT2D eigenvalue weighted by Crippen LogP contribution is -2.10. The highest BCUT2D eigenvalue weighted by atomic mass is 16.3. The molecule has 0 saturated heterocycles. The highest BCUT2D eigenvalue weighted by molar-refractivity contribution is 5.90. The standard InChI is InChI=1S/C12H17NO2/c1-2-3-4-12(15)13-11-7-5-10(9-14)6-8-11/h5-8,14H,2-4,9H2,1H3,(H,13,15). The summed E-state index contributed by atoms with van der Waals surface area (Å²) in [5.74, 6) is 0.0496. The summed E-state index contributed by atoms with van der Waals surface area (Å²) in [5.41, 5.74) is 1.63. The molecule has 0 aliphatic rings. The average Bonchev–Trinajstić information content (AvgIpc) is 2.27. The van der Waals surface area contributed by atoms with Crippen molar-refractivity contribution < 1.29 is 9.90 Å². The van der Waals surface area contributed by atoms with Crippen molar-refractivity contribution in [1.82, 2.24) is 0 Å². The summed E-state index contributed by atoms with van der Waals surface area (Å²) in [6.07, 6.45) is 2.51. The number of hydrogen-bond donors (Lipinski definition) is 2. The molecule has 82 valence electrons. The Hall–Kier alpha value is -1.35. The van der Waals surface area contributed by atoms with Gasteiger partial charge in [0.1, 0.15) is 0 Å². The van der Waals surface area contributed by atoms with Gasteiger partial charge < -0.3 is 10.4 Å². The summed E-state index contributed by atoms with van der Waals surface area (Å²) < 4.78 is 0. The molecule has 0 aliphatic heterocycles. The Balaban J connectivity index is 2.46. The zero-order chi connectivity index (χ0) is 11.1. The van der Waals surface area contributed by atoms with Crippen LogP contribution in [0.25, 0.3) is 0 Å². The Labute approximate surface area is 90.1 Å². The number of nitrogens with one attached hydrogen (secondary N) is 1. The Morgan fingerprint density at radius 2 is 2.00 bits per heavy atom. The van der Waals surface area contributed by atoms with Crippen molar-refractivity contribution in [2.45, 2.75) is 32.8 Å². The molecule has 0 radical (unpaired) electrons. The number of anilines is 1. The molecule has 1 rings (SSSR count). The van der Waals surface area contributed by atoms with E-state index in [1.165, 1.54) is 0 Å². The van der Waals surface area contributed by atoms with Crippen LogP contribution in [-0.4, -0.2) is 11.0 Å². The summed E-state index contributed by atoms with van der Waals surface area (Å²) in [5, 5.41) is 11.6. The number of aliphatic hydroxyl groups excluding tert-OH is 1. The largest absolute Gasteiger partial charge is 0.392 e. The number of aliphatic hydroxyl groups is 1. The second-order valence-corrected chi connectivity index (χ2v) is 3.51. The Kier molecular flexibility index (Phi) is 4.84. The smallest absolute Gasteiger partial charge is 0.224 e. The first-order chi connectivity index (χ1) is 7.26. The Morgan fingerprint density at radius 3 is 2.53 bits per heavy atom. The van der Waals surface area contributed by atoms with Crippen molar-refractivity contribution in [3.63, 3.8) is 0 Å². The van der Waals surface area contributed by atoms with Gasteiger partial charge in [-0.25, -0.2) is 0 Å². The minimum Gasteiger partial charge on any atom is -0.392 e. The third-order valence-electron chi connectivity index (χ3n) is 2.18. The fourth-order valence-corrected chi connectivity index (χ4v) is 1.25. The van der Waals surface area contributed by atoms with Crippen LogP contribution in [-0.2, 0) is 11.4 Å². The molecular formula is C12H17NO2. The van der Waals surface area contributed by atoms with Gasteiger partial charge in [-0.2, -0.15) is 0 Å². The van der Waals surface area contributed by atoms with E-state index in [0.717, 1.165) is 24.1 Å². The fraction of sp³-hybridized carbons (Fsp3) is 0.417. The van der Waals surface area contributed by atoms with Gasteiger partial charge in [0.05, 0.1) is 6.61 Å². The monoisotopic (exact) mass is 207 g/mol. The quantitative estimate of drug-likeness (QED) is 0.778. The molecule has 0 aliphatic carbocycles. The predicted octanol–water partition coefficient (Wildman–Crippen LogP) is 2.31. The summed E-state index contributed by atoms with van der Waals surface area (Å²) in [6.45, 7) is 2.09. The maximum absolute atomic E-state index is 11.4. The highest BCUT2D eigenvalue weighted by Crippen LogP contribution is 2.10. The van der Waals surface area contributed by atoms with Crippen LogP contribution < -0.4 is 5.32 Å².